The number of hydrogen-bond acceptors (Lipinski definition) is 7. The van der Waals surface area contributed by atoms with Crippen LogP contribution in [0, 0.1) is 6.92 Å². The quantitative estimate of drug-likeness (QED) is 0.198. The van der Waals surface area contributed by atoms with Gasteiger partial charge in [0.25, 0.3) is 10.0 Å². The Balaban J connectivity index is 1.31. The van der Waals surface area contributed by atoms with Crippen LogP contribution in [0.25, 0.3) is 22.0 Å². The normalized spacial score (nSPS) is 17.6. The number of alkyl halides is 3. The van der Waals surface area contributed by atoms with Gasteiger partial charge in [-0.25, -0.2) is 23.4 Å². The van der Waals surface area contributed by atoms with Crippen LogP contribution in [0.1, 0.15) is 43.9 Å². The molecule has 8 nitrogen and oxygen atoms in total. The third-order valence-electron chi connectivity index (χ3n) is 7.99. The molecule has 1 aliphatic carbocycles. The van der Waals surface area contributed by atoms with Crippen LogP contribution in [0.4, 0.5) is 24.9 Å². The predicted octanol–water partition coefficient (Wildman–Crippen LogP) is 7.23. The minimum Gasteiger partial charge on any atom is -0.351 e. The molecular formula is C31H34ClF3N6O2S. The largest absolute Gasteiger partial charge is 0.401 e. The lowest BCUT2D eigenvalue weighted by Crippen LogP contribution is -2.42. The van der Waals surface area contributed by atoms with E-state index >= 15 is 0 Å². The molecule has 0 unspecified atom stereocenters. The second-order valence-electron chi connectivity index (χ2n) is 11.2. The van der Waals surface area contributed by atoms with Crippen LogP contribution in [0.5, 0.6) is 0 Å². The summed E-state index contributed by atoms with van der Waals surface area (Å²) in [4.78, 5) is 15.2. The number of anilines is 2. The maximum absolute atomic E-state index is 12.9. The van der Waals surface area contributed by atoms with Gasteiger partial charge in [-0.3, -0.25) is 9.62 Å². The van der Waals surface area contributed by atoms with Gasteiger partial charge in [0.1, 0.15) is 10.7 Å². The molecule has 0 spiro atoms. The van der Waals surface area contributed by atoms with Gasteiger partial charge < -0.3 is 5.32 Å². The van der Waals surface area contributed by atoms with Crippen LogP contribution >= 0.6 is 11.6 Å². The summed E-state index contributed by atoms with van der Waals surface area (Å²) in [5.41, 5.74) is 4.23. The fraction of sp³-hybridized carbons (Fsp3) is 0.387. The summed E-state index contributed by atoms with van der Waals surface area (Å²) >= 11 is 6.09. The number of aryl methyl sites for hydroxylation is 2. The van der Waals surface area contributed by atoms with E-state index in [9.17, 15) is 21.6 Å². The molecule has 0 aliphatic heterocycles. The third-order valence-corrected chi connectivity index (χ3v) is 9.84. The van der Waals surface area contributed by atoms with E-state index in [0.717, 1.165) is 46.9 Å². The van der Waals surface area contributed by atoms with Crippen LogP contribution in [-0.4, -0.2) is 60.1 Å². The molecule has 2 aromatic carbocycles. The molecule has 0 amide bonds. The third kappa shape index (κ3) is 7.41. The van der Waals surface area contributed by atoms with Crippen molar-refractivity contribution in [3.05, 3.63) is 71.0 Å². The topological polar surface area (TPSA) is 100 Å². The van der Waals surface area contributed by atoms with Gasteiger partial charge in [-0.2, -0.15) is 13.2 Å². The number of aromatic nitrogens is 3. The summed E-state index contributed by atoms with van der Waals surface area (Å²) in [5.74, 6) is 0.683. The number of fused-ring (bicyclic) bond motifs is 1. The van der Waals surface area contributed by atoms with Gasteiger partial charge in [0.15, 0.2) is 0 Å². The molecule has 2 heterocycles. The first-order chi connectivity index (χ1) is 20.8. The molecule has 5 rings (SSSR count). The van der Waals surface area contributed by atoms with E-state index in [4.69, 9.17) is 16.6 Å². The van der Waals surface area contributed by atoms with E-state index in [0.29, 0.717) is 24.5 Å². The SMILES string of the molecule is CCc1cc(-c2ccc(NS(=O)(=O)c3ccccc3Cl)nc2C)cc2cnc(NC3CCC(N(C)CC(F)(F)F)CC3)nc12. The average Bonchev–Trinajstić information content (AvgIpc) is 2.96. The Morgan fingerprint density at radius 2 is 1.77 bits per heavy atom. The Hall–Kier alpha value is -3.48. The van der Waals surface area contributed by atoms with Gasteiger partial charge in [0, 0.05) is 34.9 Å². The van der Waals surface area contributed by atoms with Gasteiger partial charge in [-0.15, -0.1) is 0 Å². The van der Waals surface area contributed by atoms with Crippen molar-refractivity contribution in [2.24, 2.45) is 0 Å². The number of benzene rings is 2. The Kier molecular flexibility index (Phi) is 9.33. The Labute approximate surface area is 260 Å². The van der Waals surface area contributed by atoms with E-state index in [-0.39, 0.29) is 27.8 Å². The van der Waals surface area contributed by atoms with Crippen LogP contribution < -0.4 is 10.0 Å². The summed E-state index contributed by atoms with van der Waals surface area (Å²) in [6.45, 7) is 2.97. The summed E-state index contributed by atoms with van der Waals surface area (Å²) in [7, 11) is -2.38. The van der Waals surface area contributed by atoms with Gasteiger partial charge in [-0.1, -0.05) is 30.7 Å². The monoisotopic (exact) mass is 646 g/mol. The smallest absolute Gasteiger partial charge is 0.351 e. The predicted molar refractivity (Wildman–Crippen MR) is 167 cm³/mol. The number of sulfonamides is 1. The molecule has 0 radical (unpaired) electrons. The zero-order chi connectivity index (χ0) is 31.6. The van der Waals surface area contributed by atoms with E-state index < -0.39 is 22.7 Å². The molecule has 44 heavy (non-hydrogen) atoms. The van der Waals surface area contributed by atoms with Crippen LogP contribution in [-0.2, 0) is 16.4 Å². The summed E-state index contributed by atoms with van der Waals surface area (Å²) in [6, 6.07) is 13.7. The number of halogens is 4. The molecule has 13 heteroatoms. The van der Waals surface area contributed by atoms with Crippen molar-refractivity contribution in [2.75, 3.05) is 23.6 Å². The molecule has 4 aromatic rings. The minimum absolute atomic E-state index is 0.0256. The van der Waals surface area contributed by atoms with Gasteiger partial charge in [-0.05, 0) is 93.6 Å². The summed E-state index contributed by atoms with van der Waals surface area (Å²) < 4.78 is 66.6. The van der Waals surface area contributed by atoms with Crippen molar-refractivity contribution in [2.45, 2.75) is 69.1 Å². The van der Waals surface area contributed by atoms with E-state index in [1.54, 1.807) is 24.4 Å². The van der Waals surface area contributed by atoms with Crippen LogP contribution in [0.2, 0.25) is 5.02 Å². The lowest BCUT2D eigenvalue weighted by Gasteiger charge is -2.35. The molecule has 1 saturated carbocycles. The number of nitrogens with zero attached hydrogens (tertiary/aromatic N) is 4. The fourth-order valence-electron chi connectivity index (χ4n) is 5.75. The standard InChI is InChI=1S/C31H34ClF3N6O2S/c1-4-20-15-21(25-13-14-28(37-19(25)2)40-44(42,43)27-8-6-5-7-26(27)32)16-22-17-36-30(39-29(20)22)38-23-9-11-24(12-10-23)41(3)18-31(33,34)35/h5-8,13-17,23-24H,4,9-12,18H2,1-3H3,(H,37,40)(H,36,38,39). The first-order valence-electron chi connectivity index (χ1n) is 14.4. The van der Waals surface area contributed by atoms with Crippen molar-refractivity contribution in [1.82, 2.24) is 19.9 Å². The molecular weight excluding hydrogens is 613 g/mol. The van der Waals surface area contributed by atoms with Crippen molar-refractivity contribution >= 4 is 44.3 Å². The highest BCUT2D eigenvalue weighted by Crippen LogP contribution is 2.32. The van der Waals surface area contributed by atoms with Crippen LogP contribution in [0.15, 0.2) is 59.6 Å². The van der Waals surface area contributed by atoms with E-state index in [1.165, 1.54) is 24.1 Å². The molecule has 2 aromatic heterocycles. The highest BCUT2D eigenvalue weighted by atomic mass is 35.5. The number of hydrogen-bond donors (Lipinski definition) is 2. The number of nitrogens with one attached hydrogen (secondary N) is 2. The second-order valence-corrected chi connectivity index (χ2v) is 13.2. The molecule has 1 fully saturated rings. The molecule has 0 bridgehead atoms. The van der Waals surface area contributed by atoms with Crippen LogP contribution in [0.3, 0.4) is 0 Å². The highest BCUT2D eigenvalue weighted by Gasteiger charge is 2.33. The highest BCUT2D eigenvalue weighted by molar-refractivity contribution is 7.92. The molecule has 0 saturated heterocycles. The lowest BCUT2D eigenvalue weighted by molar-refractivity contribution is -0.148. The van der Waals surface area contributed by atoms with Crippen molar-refractivity contribution in [3.8, 4) is 11.1 Å². The van der Waals surface area contributed by atoms with Crippen molar-refractivity contribution in [1.29, 1.82) is 0 Å². The number of pyridine rings is 1. The Morgan fingerprint density at radius 3 is 2.43 bits per heavy atom. The molecule has 234 valence electrons. The molecule has 1 aliphatic rings. The molecule has 2 N–H and O–H groups in total. The van der Waals surface area contributed by atoms with Gasteiger partial charge >= 0.3 is 6.18 Å². The zero-order valence-electron chi connectivity index (χ0n) is 24.6. The average molecular weight is 647 g/mol. The van der Waals surface area contributed by atoms with Crippen molar-refractivity contribution < 1.29 is 21.6 Å². The Morgan fingerprint density at radius 1 is 1.05 bits per heavy atom. The van der Waals surface area contributed by atoms with E-state index in [1.807, 2.05) is 26.0 Å². The minimum atomic E-state index is -4.20. The summed E-state index contributed by atoms with van der Waals surface area (Å²) in [6.07, 6.45) is 1.13. The number of rotatable bonds is 9. The Bertz CT molecular complexity index is 1760. The first-order valence-corrected chi connectivity index (χ1v) is 16.3. The van der Waals surface area contributed by atoms with E-state index in [2.05, 4.69) is 26.1 Å². The maximum atomic E-state index is 12.9. The zero-order valence-corrected chi connectivity index (χ0v) is 26.2. The summed E-state index contributed by atoms with van der Waals surface area (Å²) in [5, 5.41) is 4.36. The lowest BCUT2D eigenvalue weighted by atomic mass is 9.90. The first kappa shape index (κ1) is 31.9. The van der Waals surface area contributed by atoms with Gasteiger partial charge in [0.2, 0.25) is 5.95 Å². The molecule has 0 atom stereocenters. The fourth-order valence-corrected chi connectivity index (χ4v) is 7.27. The van der Waals surface area contributed by atoms with Crippen molar-refractivity contribution in [3.63, 3.8) is 0 Å². The maximum Gasteiger partial charge on any atom is 0.401 e. The second kappa shape index (κ2) is 12.9. The van der Waals surface area contributed by atoms with Gasteiger partial charge in [0.05, 0.1) is 17.1 Å².